The number of aliphatic hydroxyl groups excluding tert-OH is 1. The zero-order valence-electron chi connectivity index (χ0n) is 16.3. The van der Waals surface area contributed by atoms with Crippen LogP contribution in [0.15, 0.2) is 53.7 Å². The van der Waals surface area contributed by atoms with Gasteiger partial charge in [0.05, 0.1) is 31.6 Å². The number of methoxy groups -OCH3 is 1. The van der Waals surface area contributed by atoms with Crippen LogP contribution in [0, 0.1) is 0 Å². The maximum Gasteiger partial charge on any atom is 0.214 e. The Balaban J connectivity index is 1.32. The van der Waals surface area contributed by atoms with Gasteiger partial charge < -0.3 is 14.6 Å². The lowest BCUT2D eigenvalue weighted by Gasteiger charge is -2.26. The Kier molecular flexibility index (Phi) is 6.43. The smallest absolute Gasteiger partial charge is 0.214 e. The van der Waals surface area contributed by atoms with Gasteiger partial charge >= 0.3 is 0 Å². The lowest BCUT2D eigenvalue weighted by molar-refractivity contribution is -0.00960. The van der Waals surface area contributed by atoms with Crippen LogP contribution in [0.4, 0.5) is 0 Å². The third kappa shape index (κ3) is 4.77. The number of benzene rings is 2. The first kappa shape index (κ1) is 19.9. The van der Waals surface area contributed by atoms with Gasteiger partial charge in [-0.05, 0) is 65.1 Å². The topological polar surface area (TPSA) is 82.3 Å². The van der Waals surface area contributed by atoms with Gasteiger partial charge in [0.1, 0.15) is 5.75 Å². The molecule has 2 aromatic carbocycles. The zero-order valence-corrected chi connectivity index (χ0v) is 17.1. The van der Waals surface area contributed by atoms with E-state index in [1.165, 1.54) is 22.9 Å². The number of hydrogen-bond donors (Lipinski definition) is 1. The zero-order chi connectivity index (χ0) is 20.1. The minimum Gasteiger partial charge on any atom is -0.497 e. The molecule has 0 amide bonds. The fourth-order valence-electron chi connectivity index (χ4n) is 3.48. The molecule has 2 atom stereocenters. The molecule has 0 fully saturated rings. The third-order valence-electron chi connectivity index (χ3n) is 4.97. The van der Waals surface area contributed by atoms with Crippen molar-refractivity contribution in [2.24, 2.45) is 0 Å². The second kappa shape index (κ2) is 9.39. The molecule has 1 heterocycles. The monoisotopic (exact) mass is 412 g/mol. The Morgan fingerprint density at radius 3 is 2.86 bits per heavy atom. The Labute approximate surface area is 174 Å². The number of fused-ring (bicyclic) bond motifs is 1. The van der Waals surface area contributed by atoms with Crippen molar-refractivity contribution in [2.45, 2.75) is 36.6 Å². The van der Waals surface area contributed by atoms with Crippen molar-refractivity contribution >= 4 is 11.8 Å². The molecule has 0 saturated heterocycles. The van der Waals surface area contributed by atoms with Crippen LogP contribution in [0.25, 0.3) is 5.69 Å². The van der Waals surface area contributed by atoms with Crippen molar-refractivity contribution in [3.8, 4) is 11.4 Å². The highest BCUT2D eigenvalue weighted by atomic mass is 32.2. The van der Waals surface area contributed by atoms with Gasteiger partial charge in [0, 0.05) is 5.75 Å². The number of rotatable bonds is 8. The molecule has 152 valence electrons. The number of ether oxygens (including phenoxy) is 2. The number of thioether (sulfide) groups is 1. The Morgan fingerprint density at radius 1 is 1.21 bits per heavy atom. The van der Waals surface area contributed by atoms with Crippen molar-refractivity contribution in [1.82, 2.24) is 20.2 Å². The summed E-state index contributed by atoms with van der Waals surface area (Å²) in [6.45, 7) is 0.288. The molecule has 7 nitrogen and oxygen atoms in total. The summed E-state index contributed by atoms with van der Waals surface area (Å²) >= 11 is 1.40. The van der Waals surface area contributed by atoms with E-state index < -0.39 is 6.10 Å². The van der Waals surface area contributed by atoms with Gasteiger partial charge in [0.25, 0.3) is 0 Å². The molecule has 0 radical (unpaired) electrons. The maximum atomic E-state index is 10.4. The number of aryl methyl sites for hydroxylation is 1. The van der Waals surface area contributed by atoms with Crippen LogP contribution in [0.5, 0.6) is 5.75 Å². The molecule has 29 heavy (non-hydrogen) atoms. The van der Waals surface area contributed by atoms with Crippen LogP contribution < -0.4 is 4.74 Å². The molecule has 8 heteroatoms. The number of aliphatic hydroxyl groups is 1. The number of hydrogen-bond acceptors (Lipinski definition) is 7. The van der Waals surface area contributed by atoms with E-state index in [0.717, 1.165) is 30.7 Å². The molecular weight excluding hydrogens is 388 g/mol. The van der Waals surface area contributed by atoms with E-state index in [0.29, 0.717) is 10.9 Å². The third-order valence-corrected chi connectivity index (χ3v) is 6.03. The minimum atomic E-state index is -0.602. The predicted octanol–water partition coefficient (Wildman–Crippen LogP) is 3.22. The van der Waals surface area contributed by atoms with Gasteiger partial charge in [-0.2, -0.15) is 4.68 Å². The maximum absolute atomic E-state index is 10.4. The van der Waals surface area contributed by atoms with Crippen molar-refractivity contribution in [3.05, 3.63) is 59.7 Å². The highest BCUT2D eigenvalue weighted by molar-refractivity contribution is 7.99. The first-order valence-corrected chi connectivity index (χ1v) is 10.7. The summed E-state index contributed by atoms with van der Waals surface area (Å²) in [5, 5.41) is 22.9. The predicted molar refractivity (Wildman–Crippen MR) is 111 cm³/mol. The normalized spacial score (nSPS) is 17.0. The van der Waals surface area contributed by atoms with Gasteiger partial charge in [-0.25, -0.2) is 0 Å². The van der Waals surface area contributed by atoms with Gasteiger partial charge in [-0.15, -0.1) is 5.10 Å². The van der Waals surface area contributed by atoms with Gasteiger partial charge in [-0.3, -0.25) is 0 Å². The Bertz CT molecular complexity index is 932. The molecule has 3 aromatic rings. The van der Waals surface area contributed by atoms with Gasteiger partial charge in [-0.1, -0.05) is 36.0 Å². The summed E-state index contributed by atoms with van der Waals surface area (Å²) in [6.07, 6.45) is 2.66. The molecule has 1 aromatic heterocycles. The fourth-order valence-corrected chi connectivity index (χ4v) is 4.28. The number of nitrogens with zero attached hydrogens (tertiary/aromatic N) is 4. The van der Waals surface area contributed by atoms with E-state index >= 15 is 0 Å². The average Bonchev–Trinajstić information content (AvgIpc) is 3.25. The van der Waals surface area contributed by atoms with Crippen molar-refractivity contribution < 1.29 is 14.6 Å². The van der Waals surface area contributed by atoms with E-state index in [-0.39, 0.29) is 12.7 Å². The first-order chi connectivity index (χ1) is 14.2. The lowest BCUT2D eigenvalue weighted by Crippen LogP contribution is -2.22. The summed E-state index contributed by atoms with van der Waals surface area (Å²) in [5.41, 5.74) is 3.44. The molecule has 0 aliphatic heterocycles. The SMILES string of the molecule is COc1ccc(-n2nnnc2SC[C@H](O)CO[C@H]2CCCc3ccccc32)cc1. The molecular formula is C21H24N4O3S. The molecule has 0 unspecified atom stereocenters. The van der Waals surface area contributed by atoms with Crippen LogP contribution in [-0.4, -0.2) is 50.9 Å². The Morgan fingerprint density at radius 2 is 2.03 bits per heavy atom. The molecule has 0 spiro atoms. The van der Waals surface area contributed by atoms with E-state index in [9.17, 15) is 5.11 Å². The molecule has 0 saturated carbocycles. The standard InChI is InChI=1S/C21H24N4O3S/c1-27-18-11-9-16(10-12-18)25-21(22-23-24-25)29-14-17(26)13-28-20-8-4-6-15-5-2-3-7-19(15)20/h2-3,5,7,9-12,17,20,26H,4,6,8,13-14H2,1H3/t17-,20+/m1/s1. The minimum absolute atomic E-state index is 0.0595. The van der Waals surface area contributed by atoms with E-state index in [1.807, 2.05) is 30.3 Å². The van der Waals surface area contributed by atoms with Gasteiger partial charge in [0.15, 0.2) is 0 Å². The number of tetrazole rings is 1. The molecule has 0 bridgehead atoms. The summed E-state index contributed by atoms with van der Waals surface area (Å²) in [7, 11) is 1.63. The van der Waals surface area contributed by atoms with Crippen molar-refractivity contribution in [3.63, 3.8) is 0 Å². The molecule has 1 aliphatic carbocycles. The van der Waals surface area contributed by atoms with Crippen LogP contribution >= 0.6 is 11.8 Å². The van der Waals surface area contributed by atoms with E-state index in [1.54, 1.807) is 11.8 Å². The van der Waals surface area contributed by atoms with Crippen LogP contribution in [-0.2, 0) is 11.2 Å². The van der Waals surface area contributed by atoms with Crippen LogP contribution in [0.1, 0.15) is 30.1 Å². The van der Waals surface area contributed by atoms with Gasteiger partial charge in [0.2, 0.25) is 5.16 Å². The highest BCUT2D eigenvalue weighted by Crippen LogP contribution is 2.32. The second-order valence-electron chi connectivity index (χ2n) is 6.95. The summed E-state index contributed by atoms with van der Waals surface area (Å²) in [4.78, 5) is 0. The molecule has 1 aliphatic rings. The lowest BCUT2D eigenvalue weighted by atomic mass is 9.89. The Hall–Kier alpha value is -2.42. The second-order valence-corrected chi connectivity index (χ2v) is 7.94. The van der Waals surface area contributed by atoms with E-state index in [2.05, 4.69) is 33.7 Å². The van der Waals surface area contributed by atoms with Crippen LogP contribution in [0.3, 0.4) is 0 Å². The van der Waals surface area contributed by atoms with Crippen LogP contribution in [0.2, 0.25) is 0 Å². The van der Waals surface area contributed by atoms with Crippen molar-refractivity contribution in [2.75, 3.05) is 19.5 Å². The highest BCUT2D eigenvalue weighted by Gasteiger charge is 2.21. The average molecular weight is 413 g/mol. The van der Waals surface area contributed by atoms with E-state index in [4.69, 9.17) is 9.47 Å². The van der Waals surface area contributed by atoms with Crippen molar-refractivity contribution in [1.29, 1.82) is 0 Å². The summed E-state index contributed by atoms with van der Waals surface area (Å²) in [5.74, 6) is 1.22. The largest absolute Gasteiger partial charge is 0.497 e. The molecule has 1 N–H and O–H groups in total. The number of aromatic nitrogens is 4. The first-order valence-electron chi connectivity index (χ1n) is 9.67. The summed E-state index contributed by atoms with van der Waals surface area (Å²) in [6, 6.07) is 15.9. The molecule has 4 rings (SSSR count). The summed E-state index contributed by atoms with van der Waals surface area (Å²) < 4.78 is 12.9. The fraction of sp³-hybridized carbons (Fsp3) is 0.381. The quantitative estimate of drug-likeness (QED) is 0.569.